The Morgan fingerprint density at radius 2 is 2.19 bits per heavy atom. The summed E-state index contributed by atoms with van der Waals surface area (Å²) in [6.07, 6.45) is 7.38. The zero-order valence-electron chi connectivity index (χ0n) is 9.67. The Morgan fingerprint density at radius 1 is 1.38 bits per heavy atom. The molecular formula is C12H17N3O. The van der Waals surface area contributed by atoms with Crippen LogP contribution in [0.3, 0.4) is 0 Å². The smallest absolute Gasteiger partial charge is 0.105 e. The van der Waals surface area contributed by atoms with Crippen LogP contribution in [0.15, 0.2) is 30.9 Å². The van der Waals surface area contributed by atoms with E-state index in [1.54, 1.807) is 6.92 Å². The van der Waals surface area contributed by atoms with Gasteiger partial charge in [0.15, 0.2) is 0 Å². The monoisotopic (exact) mass is 219 g/mol. The van der Waals surface area contributed by atoms with Crippen LogP contribution in [0, 0.1) is 6.92 Å². The van der Waals surface area contributed by atoms with Gasteiger partial charge in [0.1, 0.15) is 5.82 Å². The first kappa shape index (κ1) is 11.0. The average molecular weight is 219 g/mol. The molecule has 0 radical (unpaired) electrons. The second-order valence-electron chi connectivity index (χ2n) is 4.03. The molecule has 0 aliphatic rings. The lowest BCUT2D eigenvalue weighted by molar-refractivity contribution is 0.199. The quantitative estimate of drug-likeness (QED) is 0.851. The van der Waals surface area contributed by atoms with E-state index in [0.717, 1.165) is 24.5 Å². The lowest BCUT2D eigenvalue weighted by atomic mass is 10.2. The van der Waals surface area contributed by atoms with Crippen LogP contribution in [0.25, 0.3) is 0 Å². The SMILES string of the molecule is Cc1nccn1CCn1ccc(C(C)O)c1. The van der Waals surface area contributed by atoms with Gasteiger partial charge in [-0.15, -0.1) is 0 Å². The second-order valence-corrected chi connectivity index (χ2v) is 4.03. The minimum absolute atomic E-state index is 0.392. The first-order valence-corrected chi connectivity index (χ1v) is 5.48. The maximum atomic E-state index is 9.40. The van der Waals surface area contributed by atoms with E-state index >= 15 is 0 Å². The van der Waals surface area contributed by atoms with E-state index in [0.29, 0.717) is 0 Å². The minimum atomic E-state index is -0.392. The van der Waals surface area contributed by atoms with Gasteiger partial charge in [-0.05, 0) is 25.5 Å². The molecule has 16 heavy (non-hydrogen) atoms. The van der Waals surface area contributed by atoms with Gasteiger partial charge in [0.2, 0.25) is 0 Å². The largest absolute Gasteiger partial charge is 0.389 e. The summed E-state index contributed by atoms with van der Waals surface area (Å²) < 4.78 is 4.20. The lowest BCUT2D eigenvalue weighted by Crippen LogP contribution is -2.06. The number of aliphatic hydroxyl groups excluding tert-OH is 1. The fraction of sp³-hybridized carbons (Fsp3) is 0.417. The Morgan fingerprint density at radius 3 is 2.75 bits per heavy atom. The predicted molar refractivity (Wildman–Crippen MR) is 62.0 cm³/mol. The number of rotatable bonds is 4. The molecule has 1 unspecified atom stereocenters. The summed E-state index contributed by atoms with van der Waals surface area (Å²) >= 11 is 0. The normalized spacial score (nSPS) is 12.9. The predicted octanol–water partition coefficient (Wildman–Crippen LogP) is 1.75. The van der Waals surface area contributed by atoms with E-state index in [2.05, 4.69) is 14.1 Å². The van der Waals surface area contributed by atoms with Gasteiger partial charge in [0, 0.05) is 37.9 Å². The Hall–Kier alpha value is -1.55. The lowest BCUT2D eigenvalue weighted by Gasteiger charge is -2.06. The van der Waals surface area contributed by atoms with Crippen LogP contribution in [0.1, 0.15) is 24.4 Å². The zero-order chi connectivity index (χ0) is 11.5. The zero-order valence-corrected chi connectivity index (χ0v) is 9.67. The van der Waals surface area contributed by atoms with Crippen molar-refractivity contribution < 1.29 is 5.11 Å². The number of nitrogens with zero attached hydrogens (tertiary/aromatic N) is 3. The van der Waals surface area contributed by atoms with Crippen molar-refractivity contribution in [3.05, 3.63) is 42.2 Å². The van der Waals surface area contributed by atoms with Crippen molar-refractivity contribution in [2.75, 3.05) is 0 Å². The molecule has 2 aromatic heterocycles. The summed E-state index contributed by atoms with van der Waals surface area (Å²) in [5.41, 5.74) is 0.961. The fourth-order valence-corrected chi connectivity index (χ4v) is 1.71. The summed E-state index contributed by atoms with van der Waals surface area (Å²) in [5.74, 6) is 1.03. The fourth-order valence-electron chi connectivity index (χ4n) is 1.71. The van der Waals surface area contributed by atoms with Crippen molar-refractivity contribution in [2.45, 2.75) is 33.0 Å². The molecule has 0 aromatic carbocycles. The third kappa shape index (κ3) is 2.33. The van der Waals surface area contributed by atoms with Crippen molar-refractivity contribution in [3.8, 4) is 0 Å². The highest BCUT2D eigenvalue weighted by atomic mass is 16.3. The number of hydrogen-bond acceptors (Lipinski definition) is 2. The summed E-state index contributed by atoms with van der Waals surface area (Å²) in [6, 6.07) is 1.95. The van der Waals surface area contributed by atoms with Crippen molar-refractivity contribution in [2.24, 2.45) is 0 Å². The van der Waals surface area contributed by atoms with Gasteiger partial charge < -0.3 is 14.2 Å². The van der Waals surface area contributed by atoms with Crippen LogP contribution in [0.5, 0.6) is 0 Å². The van der Waals surface area contributed by atoms with Crippen LogP contribution >= 0.6 is 0 Å². The Balaban J connectivity index is 1.97. The number of aromatic nitrogens is 3. The molecule has 2 aromatic rings. The van der Waals surface area contributed by atoms with E-state index in [1.165, 1.54) is 0 Å². The van der Waals surface area contributed by atoms with Gasteiger partial charge in [-0.1, -0.05) is 0 Å². The number of aryl methyl sites for hydroxylation is 3. The van der Waals surface area contributed by atoms with Crippen LogP contribution in [0.4, 0.5) is 0 Å². The molecule has 0 fully saturated rings. The summed E-state index contributed by atoms with van der Waals surface area (Å²) in [7, 11) is 0. The first-order valence-electron chi connectivity index (χ1n) is 5.48. The van der Waals surface area contributed by atoms with Crippen LogP contribution in [-0.2, 0) is 13.1 Å². The van der Waals surface area contributed by atoms with Gasteiger partial charge in [-0.25, -0.2) is 4.98 Å². The molecule has 0 aliphatic heterocycles. The molecule has 0 aliphatic carbocycles. The summed E-state index contributed by atoms with van der Waals surface area (Å²) in [5, 5.41) is 9.40. The molecule has 2 rings (SSSR count). The van der Waals surface area contributed by atoms with E-state index in [4.69, 9.17) is 0 Å². The van der Waals surface area contributed by atoms with E-state index in [-0.39, 0.29) is 0 Å². The first-order chi connectivity index (χ1) is 7.66. The molecule has 0 saturated carbocycles. The van der Waals surface area contributed by atoms with Gasteiger partial charge in [0.25, 0.3) is 0 Å². The topological polar surface area (TPSA) is 43.0 Å². The van der Waals surface area contributed by atoms with Crippen molar-refractivity contribution in [1.29, 1.82) is 0 Å². The van der Waals surface area contributed by atoms with E-state index in [9.17, 15) is 5.11 Å². The molecule has 0 saturated heterocycles. The summed E-state index contributed by atoms with van der Waals surface area (Å²) in [6.45, 7) is 5.57. The van der Waals surface area contributed by atoms with E-state index < -0.39 is 6.10 Å². The van der Waals surface area contributed by atoms with Gasteiger partial charge in [0.05, 0.1) is 6.10 Å². The molecule has 4 heteroatoms. The third-order valence-corrected chi connectivity index (χ3v) is 2.78. The maximum Gasteiger partial charge on any atom is 0.105 e. The van der Waals surface area contributed by atoms with Crippen LogP contribution in [-0.4, -0.2) is 19.2 Å². The van der Waals surface area contributed by atoms with Crippen molar-refractivity contribution in [1.82, 2.24) is 14.1 Å². The summed E-state index contributed by atoms with van der Waals surface area (Å²) in [4.78, 5) is 4.18. The van der Waals surface area contributed by atoms with Crippen LogP contribution < -0.4 is 0 Å². The van der Waals surface area contributed by atoms with Crippen LogP contribution in [0.2, 0.25) is 0 Å². The highest BCUT2D eigenvalue weighted by Gasteiger charge is 2.03. The van der Waals surface area contributed by atoms with Gasteiger partial charge >= 0.3 is 0 Å². The molecule has 1 N–H and O–H groups in total. The number of imidazole rings is 1. The van der Waals surface area contributed by atoms with E-state index in [1.807, 2.05) is 37.8 Å². The molecule has 1 atom stereocenters. The van der Waals surface area contributed by atoms with Crippen molar-refractivity contribution >= 4 is 0 Å². The van der Waals surface area contributed by atoms with Gasteiger partial charge in [-0.3, -0.25) is 0 Å². The standard InChI is InChI=1S/C12H17N3O/c1-10(16)12-3-5-14(9-12)7-8-15-6-4-13-11(15)2/h3-6,9-10,16H,7-8H2,1-2H3. The van der Waals surface area contributed by atoms with Gasteiger partial charge in [-0.2, -0.15) is 0 Å². The Kier molecular flexibility index (Phi) is 3.10. The molecule has 0 spiro atoms. The van der Waals surface area contributed by atoms with Crippen molar-refractivity contribution in [3.63, 3.8) is 0 Å². The molecule has 2 heterocycles. The molecule has 4 nitrogen and oxygen atoms in total. The number of aliphatic hydroxyl groups is 1. The Labute approximate surface area is 95.2 Å². The molecule has 0 bridgehead atoms. The highest BCUT2D eigenvalue weighted by molar-refractivity contribution is 5.12. The molecular weight excluding hydrogens is 202 g/mol. The maximum absolute atomic E-state index is 9.40. The highest BCUT2D eigenvalue weighted by Crippen LogP contribution is 2.11. The Bertz CT molecular complexity index is 456. The second kappa shape index (κ2) is 4.53. The minimum Gasteiger partial charge on any atom is -0.389 e. The molecule has 86 valence electrons. The molecule has 0 amide bonds. The third-order valence-electron chi connectivity index (χ3n) is 2.78. The number of hydrogen-bond donors (Lipinski definition) is 1. The average Bonchev–Trinajstić information content (AvgIpc) is 2.83.